The average molecular weight is 237 g/mol. The molecule has 0 radical (unpaired) electrons. The van der Waals surface area contributed by atoms with Crippen molar-refractivity contribution in [3.05, 3.63) is 12.2 Å². The second-order valence-electron chi connectivity index (χ2n) is 6.40. The van der Waals surface area contributed by atoms with Gasteiger partial charge in [0.1, 0.15) is 0 Å². The molecule has 1 aliphatic carbocycles. The van der Waals surface area contributed by atoms with Crippen molar-refractivity contribution in [3.8, 4) is 0 Å². The Morgan fingerprint density at radius 2 is 2.12 bits per heavy atom. The molecule has 1 saturated carbocycles. The quantitative estimate of drug-likeness (QED) is 0.763. The molecule has 0 aliphatic heterocycles. The first-order chi connectivity index (χ1) is 7.92. The lowest BCUT2D eigenvalue weighted by Crippen LogP contribution is -2.37. The summed E-state index contributed by atoms with van der Waals surface area (Å²) in [6, 6.07) is 0. The molecule has 0 bridgehead atoms. The van der Waals surface area contributed by atoms with E-state index in [0.717, 1.165) is 31.6 Å². The van der Waals surface area contributed by atoms with Crippen molar-refractivity contribution in [1.29, 1.82) is 0 Å². The molecule has 4 nitrogen and oxygen atoms in total. The van der Waals surface area contributed by atoms with Gasteiger partial charge in [0, 0.05) is 0 Å². The maximum absolute atomic E-state index is 6.45. The van der Waals surface area contributed by atoms with Gasteiger partial charge in [-0.3, -0.25) is 0 Å². The van der Waals surface area contributed by atoms with Gasteiger partial charge in [-0.2, -0.15) is 4.98 Å². The number of aromatic nitrogens is 2. The fourth-order valence-electron chi connectivity index (χ4n) is 2.84. The van der Waals surface area contributed by atoms with Crippen molar-refractivity contribution in [1.82, 2.24) is 10.1 Å². The zero-order valence-electron chi connectivity index (χ0n) is 11.1. The minimum absolute atomic E-state index is 0.364. The Morgan fingerprint density at radius 3 is 2.71 bits per heavy atom. The number of hydrogen-bond acceptors (Lipinski definition) is 4. The molecule has 2 rings (SSSR count). The zero-order valence-corrected chi connectivity index (χ0v) is 11.1. The van der Waals surface area contributed by atoms with Crippen molar-refractivity contribution in [3.63, 3.8) is 0 Å². The van der Waals surface area contributed by atoms with E-state index in [-0.39, 0.29) is 5.54 Å². The van der Waals surface area contributed by atoms with E-state index in [1.165, 1.54) is 12.8 Å². The van der Waals surface area contributed by atoms with Gasteiger partial charge in [-0.15, -0.1) is 0 Å². The highest BCUT2D eigenvalue weighted by molar-refractivity contribution is 5.03. The molecule has 0 amide bonds. The predicted molar refractivity (Wildman–Crippen MR) is 66.2 cm³/mol. The second-order valence-corrected chi connectivity index (χ2v) is 6.40. The van der Waals surface area contributed by atoms with Crippen LogP contribution in [0.5, 0.6) is 0 Å². The first-order valence-corrected chi connectivity index (χ1v) is 6.47. The summed E-state index contributed by atoms with van der Waals surface area (Å²) in [5, 5.41) is 3.93. The lowest BCUT2D eigenvalue weighted by Gasteiger charge is -2.30. The Kier molecular flexibility index (Phi) is 3.25. The lowest BCUT2D eigenvalue weighted by atomic mass is 9.76. The molecule has 96 valence electrons. The maximum atomic E-state index is 6.45. The summed E-state index contributed by atoms with van der Waals surface area (Å²) < 4.78 is 4.83. The van der Waals surface area contributed by atoms with Crippen molar-refractivity contribution in [2.24, 2.45) is 17.1 Å². The van der Waals surface area contributed by atoms with Gasteiger partial charge >= 0.3 is 0 Å². The lowest BCUT2D eigenvalue weighted by molar-refractivity contribution is 0.209. The molecule has 4 heteroatoms. The van der Waals surface area contributed by atoms with E-state index < -0.39 is 0 Å². The molecule has 1 aliphatic rings. The van der Waals surface area contributed by atoms with Gasteiger partial charge in [0.15, 0.2) is 5.82 Å². The van der Waals surface area contributed by atoms with Crippen LogP contribution in [0, 0.1) is 11.3 Å². The van der Waals surface area contributed by atoms with Gasteiger partial charge in [-0.05, 0) is 37.0 Å². The third-order valence-electron chi connectivity index (χ3n) is 4.15. The van der Waals surface area contributed by atoms with Crippen LogP contribution in [0.4, 0.5) is 0 Å². The van der Waals surface area contributed by atoms with Gasteiger partial charge in [0.2, 0.25) is 6.39 Å². The SMILES string of the molecule is CC(C)(C)C1CCCC(N)(c2ncon2)CC1. The Morgan fingerprint density at radius 1 is 1.35 bits per heavy atom. The summed E-state index contributed by atoms with van der Waals surface area (Å²) in [7, 11) is 0. The molecule has 2 atom stereocenters. The summed E-state index contributed by atoms with van der Waals surface area (Å²) in [5.41, 5.74) is 6.43. The summed E-state index contributed by atoms with van der Waals surface area (Å²) in [6.45, 7) is 6.95. The first-order valence-electron chi connectivity index (χ1n) is 6.47. The van der Waals surface area contributed by atoms with Crippen molar-refractivity contribution in [2.45, 2.75) is 58.4 Å². The molecular formula is C13H23N3O. The van der Waals surface area contributed by atoms with Gasteiger partial charge in [0.05, 0.1) is 5.54 Å². The Bertz CT molecular complexity index is 355. The van der Waals surface area contributed by atoms with E-state index in [2.05, 4.69) is 30.9 Å². The summed E-state index contributed by atoms with van der Waals surface area (Å²) in [5.74, 6) is 1.41. The van der Waals surface area contributed by atoms with Crippen LogP contribution in [0.2, 0.25) is 0 Å². The van der Waals surface area contributed by atoms with Crippen LogP contribution in [0.15, 0.2) is 10.9 Å². The molecule has 17 heavy (non-hydrogen) atoms. The van der Waals surface area contributed by atoms with E-state index in [1.807, 2.05) is 0 Å². The minimum atomic E-state index is -0.382. The number of nitrogens with zero attached hydrogens (tertiary/aromatic N) is 2. The monoisotopic (exact) mass is 237 g/mol. The molecular weight excluding hydrogens is 214 g/mol. The van der Waals surface area contributed by atoms with Crippen LogP contribution in [0.3, 0.4) is 0 Å². The topological polar surface area (TPSA) is 64.9 Å². The standard InChI is InChI=1S/C13H23N3O/c1-12(2,3)10-5-4-7-13(14,8-6-10)11-15-9-17-16-11/h9-10H,4-8,14H2,1-3H3. The van der Waals surface area contributed by atoms with Crippen molar-refractivity contribution < 1.29 is 4.52 Å². The molecule has 0 spiro atoms. The number of hydrogen-bond donors (Lipinski definition) is 1. The average Bonchev–Trinajstić information content (AvgIpc) is 2.68. The largest absolute Gasteiger partial charge is 0.343 e. The van der Waals surface area contributed by atoms with Crippen molar-refractivity contribution >= 4 is 0 Å². The van der Waals surface area contributed by atoms with Crippen molar-refractivity contribution in [2.75, 3.05) is 0 Å². The van der Waals surface area contributed by atoms with E-state index >= 15 is 0 Å². The smallest absolute Gasteiger partial charge is 0.213 e. The van der Waals surface area contributed by atoms with Gasteiger partial charge in [0.25, 0.3) is 0 Å². The molecule has 2 N–H and O–H groups in total. The van der Waals surface area contributed by atoms with Gasteiger partial charge < -0.3 is 10.3 Å². The number of nitrogens with two attached hydrogens (primary N) is 1. The molecule has 2 unspecified atom stereocenters. The van der Waals surface area contributed by atoms with Gasteiger partial charge in [-0.1, -0.05) is 32.3 Å². The maximum Gasteiger partial charge on any atom is 0.213 e. The predicted octanol–water partition coefficient (Wildman–Crippen LogP) is 2.85. The summed E-state index contributed by atoms with van der Waals surface area (Å²) in [6.07, 6.45) is 6.82. The van der Waals surface area contributed by atoms with Crippen LogP contribution in [-0.2, 0) is 5.54 Å². The van der Waals surface area contributed by atoms with Crippen LogP contribution in [0.25, 0.3) is 0 Å². The first kappa shape index (κ1) is 12.6. The number of rotatable bonds is 1. The summed E-state index contributed by atoms with van der Waals surface area (Å²) >= 11 is 0. The highest BCUT2D eigenvalue weighted by atomic mass is 16.5. The molecule has 1 aromatic heterocycles. The Balaban J connectivity index is 2.10. The third kappa shape index (κ3) is 2.68. The molecule has 0 aromatic carbocycles. The normalized spacial score (nSPS) is 31.2. The van der Waals surface area contributed by atoms with E-state index in [0.29, 0.717) is 11.2 Å². The highest BCUT2D eigenvalue weighted by Crippen LogP contribution is 2.41. The zero-order chi connectivity index (χ0) is 12.5. The van der Waals surface area contributed by atoms with Crippen LogP contribution in [0.1, 0.15) is 58.7 Å². The van der Waals surface area contributed by atoms with E-state index in [9.17, 15) is 0 Å². The highest BCUT2D eigenvalue weighted by Gasteiger charge is 2.37. The second kappa shape index (κ2) is 4.41. The Labute approximate surface area is 103 Å². The third-order valence-corrected chi connectivity index (χ3v) is 4.15. The van der Waals surface area contributed by atoms with Crippen LogP contribution < -0.4 is 5.73 Å². The van der Waals surface area contributed by atoms with E-state index in [4.69, 9.17) is 10.3 Å². The molecule has 0 saturated heterocycles. The van der Waals surface area contributed by atoms with E-state index in [1.54, 1.807) is 0 Å². The summed E-state index contributed by atoms with van der Waals surface area (Å²) in [4.78, 5) is 4.14. The van der Waals surface area contributed by atoms with Gasteiger partial charge in [-0.25, -0.2) is 0 Å². The molecule has 1 aromatic rings. The molecule has 1 heterocycles. The van der Waals surface area contributed by atoms with Crippen LogP contribution in [-0.4, -0.2) is 10.1 Å². The Hall–Kier alpha value is -0.900. The molecule has 1 fully saturated rings. The minimum Gasteiger partial charge on any atom is -0.343 e. The fraction of sp³-hybridized carbons (Fsp3) is 0.846. The van der Waals surface area contributed by atoms with Crippen LogP contribution >= 0.6 is 0 Å². The fourth-order valence-corrected chi connectivity index (χ4v) is 2.84.